The van der Waals surface area contributed by atoms with Crippen molar-refractivity contribution in [1.29, 1.82) is 0 Å². The van der Waals surface area contributed by atoms with Crippen LogP contribution >= 0.6 is 0 Å². The van der Waals surface area contributed by atoms with E-state index in [1.54, 1.807) is 0 Å². The van der Waals surface area contributed by atoms with Crippen molar-refractivity contribution in [2.75, 3.05) is 13.0 Å². The summed E-state index contributed by atoms with van der Waals surface area (Å²) < 4.78 is 31.2. The number of rotatable bonds is 5. The molecule has 17 heavy (non-hydrogen) atoms. The molecule has 0 heterocycles. The quantitative estimate of drug-likeness (QED) is 0.771. The summed E-state index contributed by atoms with van der Waals surface area (Å²) in [5, 5.41) is 13.5. The Morgan fingerprint density at radius 2 is 2.06 bits per heavy atom. The molecular weight excluding hydrogens is 250 g/mol. The first-order valence-corrected chi connectivity index (χ1v) is 6.09. The van der Waals surface area contributed by atoms with Crippen LogP contribution in [-0.2, 0) is 10.0 Å². The number of hydrogen-bond acceptors (Lipinski definition) is 5. The lowest BCUT2D eigenvalue weighted by Crippen LogP contribution is -2.20. The minimum atomic E-state index is -3.77. The number of sulfonamides is 1. The molecule has 0 saturated carbocycles. The van der Waals surface area contributed by atoms with E-state index in [4.69, 9.17) is 19.7 Å². The molecule has 3 N–H and O–H groups in total. The second-order valence-corrected chi connectivity index (χ2v) is 4.66. The first-order chi connectivity index (χ1) is 7.83. The zero-order valence-corrected chi connectivity index (χ0v) is 9.73. The van der Waals surface area contributed by atoms with Gasteiger partial charge in [0.05, 0.1) is 12.7 Å². The predicted octanol–water partition coefficient (Wildman–Crippen LogP) is 0.0182. The number of carbonyl (C=O) groups is 1. The van der Waals surface area contributed by atoms with Gasteiger partial charge in [-0.05, 0) is 18.2 Å². The summed E-state index contributed by atoms with van der Waals surface area (Å²) in [5.74, 6) is -1.61. The summed E-state index contributed by atoms with van der Waals surface area (Å²) in [6, 6.07) is 3.79. The summed E-state index contributed by atoms with van der Waals surface area (Å²) >= 11 is 0. The fraction of sp³-hybridized carbons (Fsp3) is 0.222. The van der Waals surface area contributed by atoms with E-state index in [9.17, 15) is 13.2 Å². The van der Waals surface area contributed by atoms with Crippen LogP contribution in [0.1, 0.15) is 10.4 Å². The van der Waals surface area contributed by atoms with Gasteiger partial charge in [-0.25, -0.2) is 18.4 Å². The van der Waals surface area contributed by atoms with Crippen LogP contribution < -0.4 is 14.6 Å². The number of aromatic carboxylic acids is 1. The smallest absolute Gasteiger partial charge is 0.335 e. The van der Waals surface area contributed by atoms with Gasteiger partial charge in [-0.3, -0.25) is 0 Å². The Labute approximate surface area is 97.8 Å². The summed E-state index contributed by atoms with van der Waals surface area (Å²) in [5.41, 5.74) is 0.00445. The minimum absolute atomic E-state index is 0.00445. The summed E-state index contributed by atoms with van der Waals surface area (Å²) in [6.07, 6.45) is 0. The van der Waals surface area contributed by atoms with Gasteiger partial charge >= 0.3 is 5.97 Å². The number of ether oxygens (including phenoxy) is 2. The van der Waals surface area contributed by atoms with Gasteiger partial charge in [0.25, 0.3) is 0 Å². The summed E-state index contributed by atoms with van der Waals surface area (Å²) in [6.45, 7) is 0. The predicted molar refractivity (Wildman–Crippen MR) is 58.6 cm³/mol. The van der Waals surface area contributed by atoms with Crippen molar-refractivity contribution in [3.63, 3.8) is 0 Å². The highest BCUT2D eigenvalue weighted by molar-refractivity contribution is 7.88. The zero-order chi connectivity index (χ0) is 13.1. The van der Waals surface area contributed by atoms with Crippen LogP contribution in [0.15, 0.2) is 18.2 Å². The monoisotopic (exact) mass is 261 g/mol. The molecule has 0 aromatic heterocycles. The van der Waals surface area contributed by atoms with Crippen LogP contribution in [0.5, 0.6) is 11.5 Å². The maximum atomic E-state index is 10.7. The molecule has 1 aromatic rings. The molecule has 0 unspecified atom stereocenters. The van der Waals surface area contributed by atoms with Crippen molar-refractivity contribution in [2.45, 2.75) is 0 Å². The van der Waals surface area contributed by atoms with E-state index in [0.717, 1.165) is 0 Å². The lowest BCUT2D eigenvalue weighted by Gasteiger charge is -2.10. The summed E-state index contributed by atoms with van der Waals surface area (Å²) in [4.78, 5) is 10.7. The van der Waals surface area contributed by atoms with E-state index in [2.05, 4.69) is 0 Å². The van der Waals surface area contributed by atoms with Crippen LogP contribution in [0, 0.1) is 0 Å². The highest BCUT2D eigenvalue weighted by Gasteiger charge is 2.12. The average Bonchev–Trinajstić information content (AvgIpc) is 2.24. The fourth-order valence-corrected chi connectivity index (χ4v) is 1.36. The Morgan fingerprint density at radius 1 is 1.41 bits per heavy atom. The van der Waals surface area contributed by atoms with E-state index in [-0.39, 0.29) is 17.1 Å². The van der Waals surface area contributed by atoms with Crippen LogP contribution in [-0.4, -0.2) is 32.5 Å². The topological polar surface area (TPSA) is 116 Å². The number of carboxylic acid groups (broad SMARTS) is 1. The maximum absolute atomic E-state index is 10.7. The molecule has 0 amide bonds. The highest BCUT2D eigenvalue weighted by Crippen LogP contribution is 2.28. The number of hydrogen-bond donors (Lipinski definition) is 2. The Morgan fingerprint density at radius 3 is 2.53 bits per heavy atom. The molecule has 0 atom stereocenters. The van der Waals surface area contributed by atoms with E-state index >= 15 is 0 Å². The Bertz CT molecular complexity index is 524. The second kappa shape index (κ2) is 5.02. The number of nitrogens with two attached hydrogens (primary N) is 1. The zero-order valence-electron chi connectivity index (χ0n) is 8.91. The molecular formula is C9H11NO6S. The van der Waals surface area contributed by atoms with Gasteiger partial charge in [-0.1, -0.05) is 0 Å². The van der Waals surface area contributed by atoms with Crippen molar-refractivity contribution >= 4 is 16.0 Å². The van der Waals surface area contributed by atoms with Gasteiger partial charge in [0.1, 0.15) is 0 Å². The third-order valence-electron chi connectivity index (χ3n) is 1.79. The number of primary sulfonamides is 1. The van der Waals surface area contributed by atoms with E-state index in [1.165, 1.54) is 25.3 Å². The standard InChI is InChI=1S/C9H11NO6S/c1-15-8-4-6(9(11)12)2-3-7(8)16-5-17(10,13)14/h2-4H,5H2,1H3,(H,11,12)(H2,10,13,14). The van der Waals surface area contributed by atoms with Crippen LogP contribution in [0.3, 0.4) is 0 Å². The van der Waals surface area contributed by atoms with E-state index in [0.29, 0.717) is 0 Å². The molecule has 0 aliphatic heterocycles. The van der Waals surface area contributed by atoms with Gasteiger partial charge in [0, 0.05) is 0 Å². The Kier molecular flexibility index (Phi) is 3.92. The van der Waals surface area contributed by atoms with E-state index < -0.39 is 21.9 Å². The highest BCUT2D eigenvalue weighted by atomic mass is 32.2. The third kappa shape index (κ3) is 3.93. The molecule has 0 aliphatic rings. The lowest BCUT2D eigenvalue weighted by atomic mass is 10.2. The molecule has 0 saturated heterocycles. The van der Waals surface area contributed by atoms with Crippen molar-refractivity contribution in [1.82, 2.24) is 0 Å². The minimum Gasteiger partial charge on any atom is -0.493 e. The first kappa shape index (κ1) is 13.3. The molecule has 1 aromatic carbocycles. The Balaban J connectivity index is 2.97. The lowest BCUT2D eigenvalue weighted by molar-refractivity contribution is 0.0696. The molecule has 1 rings (SSSR count). The first-order valence-electron chi connectivity index (χ1n) is 4.38. The van der Waals surface area contributed by atoms with E-state index in [1.807, 2.05) is 0 Å². The molecule has 0 fully saturated rings. The molecule has 94 valence electrons. The normalized spacial score (nSPS) is 10.9. The van der Waals surface area contributed by atoms with Gasteiger partial charge in [-0.2, -0.15) is 0 Å². The van der Waals surface area contributed by atoms with Gasteiger partial charge in [-0.15, -0.1) is 0 Å². The average molecular weight is 261 g/mol. The maximum Gasteiger partial charge on any atom is 0.335 e. The number of carboxylic acids is 1. The molecule has 0 radical (unpaired) electrons. The van der Waals surface area contributed by atoms with Crippen molar-refractivity contribution in [2.24, 2.45) is 5.14 Å². The second-order valence-electron chi connectivity index (χ2n) is 3.10. The van der Waals surface area contributed by atoms with Crippen molar-refractivity contribution in [3.8, 4) is 11.5 Å². The molecule has 0 spiro atoms. The molecule has 0 bridgehead atoms. The fourth-order valence-electron chi connectivity index (χ4n) is 1.07. The van der Waals surface area contributed by atoms with Crippen molar-refractivity contribution in [3.05, 3.63) is 23.8 Å². The van der Waals surface area contributed by atoms with Gasteiger partial charge in [0.2, 0.25) is 16.0 Å². The SMILES string of the molecule is COc1cc(C(=O)O)ccc1OCS(N)(=O)=O. The summed E-state index contributed by atoms with van der Waals surface area (Å²) in [7, 11) is -2.46. The van der Waals surface area contributed by atoms with Crippen molar-refractivity contribution < 1.29 is 27.8 Å². The number of benzene rings is 1. The molecule has 0 aliphatic carbocycles. The van der Waals surface area contributed by atoms with Crippen LogP contribution in [0.2, 0.25) is 0 Å². The van der Waals surface area contributed by atoms with Crippen LogP contribution in [0.25, 0.3) is 0 Å². The third-order valence-corrected chi connectivity index (χ3v) is 2.24. The Hall–Kier alpha value is -1.80. The van der Waals surface area contributed by atoms with Gasteiger partial charge in [0.15, 0.2) is 11.5 Å². The number of methoxy groups -OCH3 is 1. The van der Waals surface area contributed by atoms with Gasteiger partial charge < -0.3 is 14.6 Å². The largest absolute Gasteiger partial charge is 0.493 e. The molecule has 7 nitrogen and oxygen atoms in total. The van der Waals surface area contributed by atoms with Crippen LogP contribution in [0.4, 0.5) is 0 Å². The molecule has 8 heteroatoms.